The first-order valence-electron chi connectivity index (χ1n) is 8.09. The molecule has 2 aliphatic rings. The van der Waals surface area contributed by atoms with Gasteiger partial charge in [-0.2, -0.15) is 4.31 Å². The highest BCUT2D eigenvalue weighted by molar-refractivity contribution is 7.89. The van der Waals surface area contributed by atoms with Crippen LogP contribution in [0.4, 0.5) is 0 Å². The van der Waals surface area contributed by atoms with Gasteiger partial charge in [0.1, 0.15) is 10.6 Å². The second kappa shape index (κ2) is 7.43. The Balaban J connectivity index is 0.00000208. The lowest BCUT2D eigenvalue weighted by Gasteiger charge is -2.34. The van der Waals surface area contributed by atoms with Crippen LogP contribution in [0.15, 0.2) is 17.2 Å². The fourth-order valence-electron chi connectivity index (χ4n) is 3.70. The minimum absolute atomic E-state index is 0. The van der Waals surface area contributed by atoms with Crippen molar-refractivity contribution in [3.05, 3.63) is 18.0 Å². The van der Waals surface area contributed by atoms with Crippen LogP contribution in [0.3, 0.4) is 0 Å². The van der Waals surface area contributed by atoms with Gasteiger partial charge in [-0.1, -0.05) is 0 Å². The Morgan fingerprint density at radius 3 is 2.46 bits per heavy atom. The summed E-state index contributed by atoms with van der Waals surface area (Å²) in [6.07, 6.45) is 5.63. The monoisotopic (exact) mass is 376 g/mol. The lowest BCUT2D eigenvalue weighted by molar-refractivity contribution is 0.0992. The minimum Gasteiger partial charge on any atom is -0.364 e. The third kappa shape index (κ3) is 3.61. The molecule has 0 aromatic carbocycles. The van der Waals surface area contributed by atoms with Crippen molar-refractivity contribution in [2.75, 3.05) is 19.6 Å². The predicted octanol–water partition coefficient (Wildman–Crippen LogP) is 0.699. The Morgan fingerprint density at radius 2 is 1.96 bits per heavy atom. The molecule has 0 bridgehead atoms. The van der Waals surface area contributed by atoms with E-state index in [0.717, 1.165) is 19.4 Å². The van der Waals surface area contributed by atoms with Crippen LogP contribution in [0.5, 0.6) is 0 Å². The molecule has 24 heavy (non-hydrogen) atoms. The van der Waals surface area contributed by atoms with Crippen LogP contribution in [-0.2, 0) is 17.1 Å². The molecule has 3 rings (SSSR count). The highest BCUT2D eigenvalue weighted by atomic mass is 35.5. The van der Waals surface area contributed by atoms with Gasteiger partial charge >= 0.3 is 0 Å². The highest BCUT2D eigenvalue weighted by Gasteiger charge is 2.34. The number of nitrogens with two attached hydrogens (primary N) is 1. The van der Waals surface area contributed by atoms with Crippen LogP contribution in [0.25, 0.3) is 0 Å². The molecule has 2 fully saturated rings. The molecule has 1 aromatic rings. The Bertz CT molecular complexity index is 690. The van der Waals surface area contributed by atoms with Crippen LogP contribution in [0, 0.1) is 5.92 Å². The minimum atomic E-state index is -3.56. The SMILES string of the molecule is Cl.Cn1cc(S(=O)(=O)N2CCC(C3CCCN3)CC2)cc1C(N)=O. The summed E-state index contributed by atoms with van der Waals surface area (Å²) in [4.78, 5) is 11.5. The zero-order valence-corrected chi connectivity index (χ0v) is 15.4. The number of aromatic nitrogens is 1. The zero-order chi connectivity index (χ0) is 16.6. The summed E-state index contributed by atoms with van der Waals surface area (Å²) in [5.41, 5.74) is 5.46. The van der Waals surface area contributed by atoms with Crippen molar-refractivity contribution >= 4 is 28.3 Å². The molecule has 1 atom stereocenters. The van der Waals surface area contributed by atoms with Crippen LogP contribution in [0.1, 0.15) is 36.2 Å². The van der Waals surface area contributed by atoms with E-state index in [4.69, 9.17) is 5.73 Å². The number of hydrogen-bond donors (Lipinski definition) is 2. The van der Waals surface area contributed by atoms with Crippen molar-refractivity contribution in [1.29, 1.82) is 0 Å². The van der Waals surface area contributed by atoms with Crippen molar-refractivity contribution < 1.29 is 13.2 Å². The maximum absolute atomic E-state index is 12.7. The Hall–Kier alpha value is -1.09. The molecule has 0 radical (unpaired) electrons. The number of hydrogen-bond acceptors (Lipinski definition) is 4. The predicted molar refractivity (Wildman–Crippen MR) is 93.7 cm³/mol. The van der Waals surface area contributed by atoms with E-state index in [1.54, 1.807) is 7.05 Å². The summed E-state index contributed by atoms with van der Waals surface area (Å²) in [5, 5.41) is 3.51. The molecule has 7 nitrogen and oxygen atoms in total. The molecule has 1 amide bonds. The number of piperidine rings is 1. The van der Waals surface area contributed by atoms with E-state index in [1.165, 1.54) is 34.0 Å². The maximum Gasteiger partial charge on any atom is 0.265 e. The van der Waals surface area contributed by atoms with Crippen LogP contribution >= 0.6 is 12.4 Å². The number of nitrogens with zero attached hydrogens (tertiary/aromatic N) is 2. The smallest absolute Gasteiger partial charge is 0.265 e. The third-order valence-corrected chi connectivity index (χ3v) is 6.90. The first kappa shape index (κ1) is 19.2. The second-order valence-corrected chi connectivity index (χ2v) is 8.42. The Morgan fingerprint density at radius 1 is 1.29 bits per heavy atom. The number of carbonyl (C=O) groups is 1. The topological polar surface area (TPSA) is 97.4 Å². The van der Waals surface area contributed by atoms with Gasteiger partial charge in [-0.15, -0.1) is 12.4 Å². The van der Waals surface area contributed by atoms with E-state index in [1.807, 2.05) is 0 Å². The number of carbonyl (C=O) groups excluding carboxylic acids is 1. The van der Waals surface area contributed by atoms with Gasteiger partial charge in [0, 0.05) is 32.4 Å². The molecule has 1 unspecified atom stereocenters. The fourth-order valence-corrected chi connectivity index (χ4v) is 5.24. The van der Waals surface area contributed by atoms with Crippen molar-refractivity contribution in [3.63, 3.8) is 0 Å². The lowest BCUT2D eigenvalue weighted by Crippen LogP contribution is -2.43. The number of rotatable bonds is 4. The van der Waals surface area contributed by atoms with Crippen molar-refractivity contribution in [1.82, 2.24) is 14.2 Å². The van der Waals surface area contributed by atoms with Gasteiger partial charge in [0.15, 0.2) is 0 Å². The van der Waals surface area contributed by atoms with Crippen molar-refractivity contribution in [2.45, 2.75) is 36.6 Å². The first-order valence-corrected chi connectivity index (χ1v) is 9.53. The van der Waals surface area contributed by atoms with Crippen LogP contribution in [-0.4, -0.2) is 48.9 Å². The second-order valence-electron chi connectivity index (χ2n) is 6.48. The molecule has 2 saturated heterocycles. The molecule has 2 aliphatic heterocycles. The maximum atomic E-state index is 12.7. The summed E-state index contributed by atoms with van der Waals surface area (Å²) in [7, 11) is -1.94. The van der Waals surface area contributed by atoms with Gasteiger partial charge < -0.3 is 15.6 Å². The lowest BCUT2D eigenvalue weighted by atomic mass is 9.89. The van der Waals surface area contributed by atoms with Gasteiger partial charge in [0.05, 0.1) is 0 Å². The van der Waals surface area contributed by atoms with Crippen molar-refractivity contribution in [2.24, 2.45) is 18.7 Å². The summed E-state index contributed by atoms with van der Waals surface area (Å²) < 4.78 is 28.5. The number of primary amides is 1. The normalized spacial score (nSPS) is 23.1. The number of halogens is 1. The molecule has 0 aliphatic carbocycles. The standard InChI is InChI=1S/C15H24N4O3S.ClH/c1-18-10-12(9-14(18)15(16)20)23(21,22)19-7-4-11(5-8-19)13-3-2-6-17-13;/h9-11,13,17H,2-8H2,1H3,(H2,16,20);1H. The summed E-state index contributed by atoms with van der Waals surface area (Å²) in [6.45, 7) is 2.14. The molecule has 0 spiro atoms. The summed E-state index contributed by atoms with van der Waals surface area (Å²) in [5.74, 6) is -0.0686. The number of sulfonamides is 1. The van der Waals surface area contributed by atoms with Gasteiger partial charge in [-0.3, -0.25) is 4.79 Å². The Kier molecular flexibility index (Phi) is 5.95. The molecular weight excluding hydrogens is 352 g/mol. The van der Waals surface area contributed by atoms with E-state index < -0.39 is 15.9 Å². The molecule has 136 valence electrons. The fraction of sp³-hybridized carbons (Fsp3) is 0.667. The molecular formula is C15H25ClN4O3S. The van der Waals surface area contributed by atoms with E-state index in [0.29, 0.717) is 25.0 Å². The highest BCUT2D eigenvalue weighted by Crippen LogP contribution is 2.29. The van der Waals surface area contributed by atoms with E-state index in [2.05, 4.69) is 5.32 Å². The molecule has 0 saturated carbocycles. The largest absolute Gasteiger partial charge is 0.364 e. The summed E-state index contributed by atoms with van der Waals surface area (Å²) in [6, 6.07) is 1.90. The first-order chi connectivity index (χ1) is 10.9. The average molecular weight is 377 g/mol. The number of aryl methyl sites for hydroxylation is 1. The van der Waals surface area contributed by atoms with Gasteiger partial charge in [0.25, 0.3) is 5.91 Å². The molecule has 3 heterocycles. The van der Waals surface area contributed by atoms with E-state index in [-0.39, 0.29) is 23.0 Å². The van der Waals surface area contributed by atoms with Gasteiger partial charge in [0.2, 0.25) is 10.0 Å². The van der Waals surface area contributed by atoms with Gasteiger partial charge in [-0.05, 0) is 44.2 Å². The molecule has 3 N–H and O–H groups in total. The Labute approximate surface area is 149 Å². The van der Waals surface area contributed by atoms with Crippen molar-refractivity contribution in [3.8, 4) is 0 Å². The summed E-state index contributed by atoms with van der Waals surface area (Å²) >= 11 is 0. The number of amides is 1. The molecule has 1 aromatic heterocycles. The van der Waals surface area contributed by atoms with Crippen LogP contribution in [0.2, 0.25) is 0 Å². The van der Waals surface area contributed by atoms with E-state index >= 15 is 0 Å². The van der Waals surface area contributed by atoms with E-state index in [9.17, 15) is 13.2 Å². The number of nitrogens with one attached hydrogen (secondary N) is 1. The average Bonchev–Trinajstić information content (AvgIpc) is 3.16. The van der Waals surface area contributed by atoms with Gasteiger partial charge in [-0.25, -0.2) is 8.42 Å². The third-order valence-electron chi connectivity index (χ3n) is 5.04. The molecule has 9 heteroatoms. The zero-order valence-electron chi connectivity index (χ0n) is 13.8. The van der Waals surface area contributed by atoms with Crippen LogP contribution < -0.4 is 11.1 Å². The quantitative estimate of drug-likeness (QED) is 0.808.